The summed E-state index contributed by atoms with van der Waals surface area (Å²) in [5, 5.41) is 0. The van der Waals surface area contributed by atoms with E-state index in [0.717, 1.165) is 0 Å². The molecule has 1 saturated heterocycles. The zero-order valence-corrected chi connectivity index (χ0v) is 18.9. The molecule has 6 aliphatic rings. The maximum Gasteiger partial charge on any atom is 0.0637 e. The third-order valence-corrected chi connectivity index (χ3v) is 10.1. The Bertz CT molecular complexity index is 1460. The second-order valence-corrected chi connectivity index (χ2v) is 11.1. The molecule has 1 nitrogen and oxygen atoms in total. The van der Waals surface area contributed by atoms with Gasteiger partial charge in [0, 0.05) is 23.0 Å². The molecule has 0 radical (unpaired) electrons. The average molecular weight is 442 g/mol. The van der Waals surface area contributed by atoms with E-state index in [9.17, 15) is 0 Å². The van der Waals surface area contributed by atoms with E-state index in [2.05, 4.69) is 95.9 Å². The molecule has 1 fully saturated rings. The monoisotopic (exact) mass is 441 g/mol. The van der Waals surface area contributed by atoms with Crippen molar-refractivity contribution < 1.29 is 0 Å². The molecular weight excluding hydrogens is 422 g/mol. The summed E-state index contributed by atoms with van der Waals surface area (Å²) < 4.78 is 0. The van der Waals surface area contributed by atoms with Gasteiger partial charge < -0.3 is 4.90 Å². The Balaban J connectivity index is 1.48. The van der Waals surface area contributed by atoms with E-state index in [4.69, 9.17) is 0 Å². The lowest BCUT2D eigenvalue weighted by atomic mass is 9.59. The molecule has 3 heterocycles. The van der Waals surface area contributed by atoms with Crippen LogP contribution in [0.4, 0.5) is 5.69 Å². The van der Waals surface area contributed by atoms with Crippen molar-refractivity contribution in [2.24, 2.45) is 0 Å². The summed E-state index contributed by atoms with van der Waals surface area (Å²) >= 11 is 0. The lowest BCUT2D eigenvalue weighted by molar-refractivity contribution is 0.541. The number of benzene rings is 5. The number of nitrogens with zero attached hydrogens (tertiary/aromatic N) is 1. The number of para-hydroxylation sites is 1. The fourth-order valence-corrected chi connectivity index (χ4v) is 9.25. The molecule has 35 heavy (non-hydrogen) atoms. The Morgan fingerprint density at radius 2 is 0.629 bits per heavy atom. The van der Waals surface area contributed by atoms with E-state index >= 15 is 0 Å². The standard InChI is InChI=1S/C34H19N/c1-6-16-17-7-2-9-19-21-11-4-13-23-25-15-5-14-24-22-12-3-10-20-18(8-1)26(16)30-31(27(17)19)34(29(21)23)35(32(24)25)33(30)28(20)22/h1-15,30-31,33-34H. The van der Waals surface area contributed by atoms with Crippen LogP contribution in [0.25, 0.3) is 55.6 Å². The van der Waals surface area contributed by atoms with Crippen LogP contribution in [0.2, 0.25) is 0 Å². The molecule has 5 aromatic rings. The van der Waals surface area contributed by atoms with Gasteiger partial charge in [0.15, 0.2) is 0 Å². The summed E-state index contributed by atoms with van der Waals surface area (Å²) in [5.74, 6) is 0.989. The largest absolute Gasteiger partial charge is 0.355 e. The molecule has 0 amide bonds. The van der Waals surface area contributed by atoms with Crippen molar-refractivity contribution >= 4 is 5.69 Å². The lowest BCUT2D eigenvalue weighted by Crippen LogP contribution is -2.35. The minimum atomic E-state index is 0.402. The van der Waals surface area contributed by atoms with Gasteiger partial charge in [0.05, 0.1) is 17.8 Å². The zero-order chi connectivity index (χ0) is 22.2. The maximum absolute atomic E-state index is 2.89. The Kier molecular flexibility index (Phi) is 2.34. The summed E-state index contributed by atoms with van der Waals surface area (Å²) in [6.45, 7) is 0. The highest BCUT2D eigenvalue weighted by atomic mass is 15.3. The van der Waals surface area contributed by atoms with Gasteiger partial charge in [0.25, 0.3) is 0 Å². The van der Waals surface area contributed by atoms with Crippen molar-refractivity contribution in [3.05, 3.63) is 113 Å². The number of fused-ring (bicyclic) bond motifs is 5. The molecule has 5 aromatic carbocycles. The maximum atomic E-state index is 2.89. The van der Waals surface area contributed by atoms with Crippen LogP contribution in [0.3, 0.4) is 0 Å². The second kappa shape index (κ2) is 4.97. The van der Waals surface area contributed by atoms with Gasteiger partial charge in [-0.15, -0.1) is 0 Å². The van der Waals surface area contributed by atoms with Crippen molar-refractivity contribution in [2.75, 3.05) is 4.90 Å². The molecule has 1 heteroatoms. The SMILES string of the molecule is c1cc2c3c(c1)-c1cccc4c1C1C3C3c5c-2cccc5-c2cccc5c2C3N1c1c-4cccc1-5. The van der Waals surface area contributed by atoms with Crippen LogP contribution in [0.15, 0.2) is 91.0 Å². The van der Waals surface area contributed by atoms with E-state index in [1.807, 2.05) is 0 Å². The summed E-state index contributed by atoms with van der Waals surface area (Å²) in [7, 11) is 0. The Morgan fingerprint density at radius 3 is 1.00 bits per heavy atom. The topological polar surface area (TPSA) is 3.24 Å². The summed E-state index contributed by atoms with van der Waals surface area (Å²) in [6, 6.07) is 36.1. The van der Waals surface area contributed by atoms with Gasteiger partial charge in [0.2, 0.25) is 0 Å². The average Bonchev–Trinajstić information content (AvgIpc) is 3.29. The smallest absolute Gasteiger partial charge is 0.0637 e. The first kappa shape index (κ1) is 16.5. The first-order valence-corrected chi connectivity index (χ1v) is 12.9. The predicted molar refractivity (Wildman–Crippen MR) is 141 cm³/mol. The predicted octanol–water partition coefficient (Wildman–Crippen LogP) is 8.46. The highest BCUT2D eigenvalue weighted by molar-refractivity contribution is 6.06. The summed E-state index contributed by atoms with van der Waals surface area (Å²) in [6.07, 6.45) is 0. The van der Waals surface area contributed by atoms with Crippen molar-refractivity contribution in [2.45, 2.75) is 23.9 Å². The van der Waals surface area contributed by atoms with Crippen LogP contribution in [0, 0.1) is 0 Å². The molecule has 0 spiro atoms. The fraction of sp³-hybridized carbons (Fsp3) is 0.118. The van der Waals surface area contributed by atoms with E-state index in [1.165, 1.54) is 61.3 Å². The molecule has 0 aromatic heterocycles. The normalized spacial score (nSPS) is 24.5. The third kappa shape index (κ3) is 1.47. The molecule has 4 atom stereocenters. The molecule has 0 N–H and O–H groups in total. The number of anilines is 1. The van der Waals surface area contributed by atoms with Crippen LogP contribution in [-0.4, -0.2) is 0 Å². The van der Waals surface area contributed by atoms with Crippen LogP contribution in [0.1, 0.15) is 46.2 Å². The highest BCUT2D eigenvalue weighted by Crippen LogP contribution is 2.77. The molecule has 0 bridgehead atoms. The van der Waals surface area contributed by atoms with Crippen LogP contribution in [0.5, 0.6) is 0 Å². The van der Waals surface area contributed by atoms with Gasteiger partial charge >= 0.3 is 0 Å². The lowest BCUT2D eigenvalue weighted by Gasteiger charge is -2.47. The summed E-state index contributed by atoms with van der Waals surface area (Å²) in [5.41, 5.74) is 22.4. The van der Waals surface area contributed by atoms with Crippen molar-refractivity contribution in [1.29, 1.82) is 0 Å². The van der Waals surface area contributed by atoms with Gasteiger partial charge in [0.1, 0.15) is 0 Å². The van der Waals surface area contributed by atoms with Gasteiger partial charge in [-0.1, -0.05) is 91.0 Å². The first-order valence-electron chi connectivity index (χ1n) is 12.9. The fourth-order valence-electron chi connectivity index (χ4n) is 9.25. The molecule has 3 aliphatic heterocycles. The number of rotatable bonds is 0. The minimum Gasteiger partial charge on any atom is -0.355 e. The Hall–Kier alpha value is -4.10. The van der Waals surface area contributed by atoms with Crippen LogP contribution < -0.4 is 4.90 Å². The van der Waals surface area contributed by atoms with Crippen molar-refractivity contribution in [3.63, 3.8) is 0 Å². The van der Waals surface area contributed by atoms with Gasteiger partial charge in [-0.3, -0.25) is 0 Å². The number of hydrogen-bond donors (Lipinski definition) is 0. The van der Waals surface area contributed by atoms with Gasteiger partial charge in [-0.25, -0.2) is 0 Å². The van der Waals surface area contributed by atoms with Crippen LogP contribution >= 0.6 is 0 Å². The Labute approximate surface area is 203 Å². The molecule has 3 aliphatic carbocycles. The van der Waals surface area contributed by atoms with Gasteiger partial charge in [-0.05, 0) is 66.8 Å². The molecule has 160 valence electrons. The van der Waals surface area contributed by atoms with E-state index in [1.54, 1.807) is 22.3 Å². The van der Waals surface area contributed by atoms with E-state index in [0.29, 0.717) is 23.9 Å². The molecule has 0 saturated carbocycles. The molecule has 11 rings (SSSR count). The summed E-state index contributed by atoms with van der Waals surface area (Å²) in [4.78, 5) is 2.89. The second-order valence-electron chi connectivity index (χ2n) is 11.1. The third-order valence-electron chi connectivity index (χ3n) is 10.1. The highest BCUT2D eigenvalue weighted by Gasteiger charge is 2.62. The minimum absolute atomic E-state index is 0.402. The first-order chi connectivity index (χ1) is 17.4. The number of hydrogen-bond acceptors (Lipinski definition) is 1. The van der Waals surface area contributed by atoms with Gasteiger partial charge in [-0.2, -0.15) is 0 Å². The van der Waals surface area contributed by atoms with Crippen molar-refractivity contribution in [3.8, 4) is 55.6 Å². The van der Waals surface area contributed by atoms with Crippen LogP contribution in [-0.2, 0) is 0 Å². The van der Waals surface area contributed by atoms with E-state index < -0.39 is 0 Å². The Morgan fingerprint density at radius 1 is 0.343 bits per heavy atom. The zero-order valence-electron chi connectivity index (χ0n) is 18.9. The molecule has 4 unspecified atom stereocenters. The van der Waals surface area contributed by atoms with Crippen molar-refractivity contribution in [1.82, 2.24) is 0 Å². The molecular formula is C34H19N. The quantitative estimate of drug-likeness (QED) is 0.228. The van der Waals surface area contributed by atoms with E-state index in [-0.39, 0.29) is 0 Å².